The van der Waals surface area contributed by atoms with Crippen molar-refractivity contribution < 1.29 is 32.3 Å². The highest BCUT2D eigenvalue weighted by Gasteiger charge is 2.48. The Labute approximate surface area is 281 Å². The van der Waals surface area contributed by atoms with E-state index in [9.17, 15) is 23.2 Å². The number of hydrogen-bond acceptors (Lipinski definition) is 10. The molecule has 3 saturated heterocycles. The minimum absolute atomic E-state index is 0.0583. The van der Waals surface area contributed by atoms with Gasteiger partial charge in [-0.25, -0.2) is 8.42 Å². The SMILES string of the molecule is CN(CCOc1no[n+]([O-])c1S(=O)(=O)c1ccccc1)C(=O)CNC(=O)CCCC1C2CCCN3CCCC(CN1c1ccccc1)C23. The maximum atomic E-state index is 12.9. The third kappa shape index (κ3) is 7.29. The van der Waals surface area contributed by atoms with Gasteiger partial charge < -0.3 is 25.1 Å². The topological polar surface area (TPSA) is 152 Å². The van der Waals surface area contributed by atoms with Crippen molar-refractivity contribution in [2.75, 3.05) is 51.3 Å². The molecule has 0 bridgehead atoms. The summed E-state index contributed by atoms with van der Waals surface area (Å²) in [5.74, 6) is 0.266. The smallest absolute Gasteiger partial charge is 0.415 e. The summed E-state index contributed by atoms with van der Waals surface area (Å²) in [7, 11) is -2.70. The first kappa shape index (κ1) is 33.7. The van der Waals surface area contributed by atoms with Crippen molar-refractivity contribution in [1.82, 2.24) is 20.3 Å². The number of rotatable bonds is 13. The van der Waals surface area contributed by atoms with Gasteiger partial charge in [-0.15, -0.1) is 0 Å². The van der Waals surface area contributed by atoms with Crippen LogP contribution < -0.4 is 19.9 Å². The summed E-state index contributed by atoms with van der Waals surface area (Å²) in [5, 5.41) is 17.5. The van der Waals surface area contributed by atoms with Crippen LogP contribution in [0.1, 0.15) is 44.9 Å². The second kappa shape index (κ2) is 14.9. The monoisotopic (exact) mass is 680 g/mol. The number of likely N-dealkylation sites (N-methyl/N-ethyl adjacent to an activating group) is 1. The number of sulfone groups is 1. The Kier molecular flexibility index (Phi) is 10.5. The third-order valence-electron chi connectivity index (χ3n) is 10.0. The summed E-state index contributed by atoms with van der Waals surface area (Å²) in [5.41, 5.74) is 1.26. The molecule has 4 heterocycles. The lowest BCUT2D eigenvalue weighted by molar-refractivity contribution is -0.832. The van der Waals surface area contributed by atoms with E-state index in [1.54, 1.807) is 13.1 Å². The van der Waals surface area contributed by atoms with E-state index in [-0.39, 0.29) is 41.3 Å². The van der Waals surface area contributed by atoms with Crippen LogP contribution in [-0.2, 0) is 19.4 Å². The van der Waals surface area contributed by atoms with Crippen LogP contribution in [-0.4, -0.2) is 93.7 Å². The van der Waals surface area contributed by atoms with Crippen molar-refractivity contribution in [3.63, 3.8) is 0 Å². The summed E-state index contributed by atoms with van der Waals surface area (Å²) in [6.07, 6.45) is 6.98. The van der Waals surface area contributed by atoms with E-state index in [2.05, 4.69) is 55.2 Å². The normalized spacial score (nSPS) is 22.5. The Bertz CT molecular complexity index is 1650. The van der Waals surface area contributed by atoms with Crippen molar-refractivity contribution in [2.45, 2.75) is 67.0 Å². The predicted molar refractivity (Wildman–Crippen MR) is 176 cm³/mol. The highest BCUT2D eigenvalue weighted by molar-refractivity contribution is 7.91. The summed E-state index contributed by atoms with van der Waals surface area (Å²) in [6.45, 7) is 3.19. The molecule has 6 rings (SSSR count). The molecule has 48 heavy (non-hydrogen) atoms. The minimum atomic E-state index is -4.25. The summed E-state index contributed by atoms with van der Waals surface area (Å²) >= 11 is 0. The molecule has 4 unspecified atom stereocenters. The van der Waals surface area contributed by atoms with E-state index >= 15 is 0 Å². The van der Waals surface area contributed by atoms with Crippen molar-refractivity contribution in [3.8, 4) is 5.88 Å². The average molecular weight is 681 g/mol. The standard InChI is InChI=1S/C34H44N6O7S/c1-37(21-22-46-33-34(40(43)47-36-33)48(44,45)27-14-6-3-7-15-27)31(42)23-35-30(41)18-8-17-29-28-16-10-20-38-19-9-11-25(32(28)38)24-39(29)26-12-4-2-5-13-26/h2-7,12-15,25,28-29,32H,8-11,16-24H2,1H3,(H,35,41). The average Bonchev–Trinajstić information content (AvgIpc) is 3.49. The van der Waals surface area contributed by atoms with E-state index in [0.29, 0.717) is 30.3 Å². The molecule has 14 heteroatoms. The molecule has 1 N–H and O–H groups in total. The molecule has 2 aromatic carbocycles. The number of para-hydroxylation sites is 1. The largest absolute Gasteiger partial charge is 0.453 e. The third-order valence-corrected chi connectivity index (χ3v) is 11.8. The lowest BCUT2D eigenvalue weighted by atomic mass is 9.69. The summed E-state index contributed by atoms with van der Waals surface area (Å²) in [6, 6.07) is 19.1. The molecule has 3 aliphatic heterocycles. The predicted octanol–water partition coefficient (Wildman–Crippen LogP) is 2.64. The highest BCUT2D eigenvalue weighted by Crippen LogP contribution is 2.44. The van der Waals surface area contributed by atoms with Crippen LogP contribution in [0.4, 0.5) is 5.69 Å². The van der Waals surface area contributed by atoms with Crippen LogP contribution in [0, 0.1) is 17.0 Å². The second-order valence-corrected chi connectivity index (χ2v) is 14.8. The van der Waals surface area contributed by atoms with Gasteiger partial charge in [-0.1, -0.05) is 36.4 Å². The molecule has 3 aromatic rings. The Morgan fingerprint density at radius 3 is 2.54 bits per heavy atom. The first-order chi connectivity index (χ1) is 23.2. The fourth-order valence-corrected chi connectivity index (χ4v) is 9.09. The number of nitrogens with zero attached hydrogens (tertiary/aromatic N) is 5. The quantitative estimate of drug-likeness (QED) is 0.267. The van der Waals surface area contributed by atoms with E-state index < -0.39 is 20.7 Å². The zero-order chi connectivity index (χ0) is 33.7. The molecule has 1 aromatic heterocycles. The van der Waals surface area contributed by atoms with Crippen molar-refractivity contribution in [3.05, 3.63) is 65.9 Å². The van der Waals surface area contributed by atoms with Crippen LogP contribution >= 0.6 is 0 Å². The zero-order valence-corrected chi connectivity index (χ0v) is 28.1. The fourth-order valence-electron chi connectivity index (χ4n) is 7.80. The van der Waals surface area contributed by atoms with Crippen molar-refractivity contribution in [1.29, 1.82) is 0 Å². The molecule has 4 atom stereocenters. The zero-order valence-electron chi connectivity index (χ0n) is 27.3. The second-order valence-electron chi connectivity index (χ2n) is 13.0. The first-order valence-corrected chi connectivity index (χ1v) is 18.3. The van der Waals surface area contributed by atoms with Gasteiger partial charge in [0.1, 0.15) is 6.61 Å². The maximum Gasteiger partial charge on any atom is 0.415 e. The number of hydrogen-bond donors (Lipinski definition) is 1. The molecule has 0 radical (unpaired) electrons. The van der Waals surface area contributed by atoms with Crippen LogP contribution in [0.25, 0.3) is 0 Å². The van der Waals surface area contributed by atoms with Gasteiger partial charge in [-0.05, 0) is 92.6 Å². The Morgan fingerprint density at radius 1 is 1.08 bits per heavy atom. The number of piperidine rings is 3. The number of aromatic nitrogens is 2. The van der Waals surface area contributed by atoms with Crippen molar-refractivity contribution in [2.24, 2.45) is 11.8 Å². The lowest BCUT2D eigenvalue weighted by Gasteiger charge is -2.58. The summed E-state index contributed by atoms with van der Waals surface area (Å²) < 4.78 is 35.8. The van der Waals surface area contributed by atoms with Gasteiger partial charge in [-0.2, -0.15) is 0 Å². The molecule has 3 fully saturated rings. The van der Waals surface area contributed by atoms with Gasteiger partial charge in [0.05, 0.1) is 23.1 Å². The Balaban J connectivity index is 0.972. The van der Waals surface area contributed by atoms with E-state index in [4.69, 9.17) is 4.74 Å². The number of ether oxygens (including phenoxy) is 1. The maximum absolute atomic E-state index is 12.9. The highest BCUT2D eigenvalue weighted by atomic mass is 32.2. The first-order valence-electron chi connectivity index (χ1n) is 16.8. The molecular formula is C34H44N6O7S. The molecule has 258 valence electrons. The molecule has 3 aliphatic rings. The van der Waals surface area contributed by atoms with E-state index in [1.165, 1.54) is 73.6 Å². The Hall–Kier alpha value is -4.17. The van der Waals surface area contributed by atoms with Crippen molar-refractivity contribution >= 4 is 27.3 Å². The van der Waals surface area contributed by atoms with Crippen LogP contribution in [0.3, 0.4) is 0 Å². The number of carbonyl (C=O) groups is 2. The number of carbonyl (C=O) groups excluding carboxylic acids is 2. The van der Waals surface area contributed by atoms with Gasteiger partial charge in [0.15, 0.2) is 0 Å². The number of anilines is 1. The van der Waals surface area contributed by atoms with Crippen LogP contribution in [0.15, 0.2) is 75.2 Å². The van der Waals surface area contributed by atoms with Gasteiger partial charge >= 0.3 is 10.9 Å². The molecule has 0 saturated carbocycles. The van der Waals surface area contributed by atoms with Gasteiger partial charge in [0.2, 0.25) is 11.8 Å². The number of benzene rings is 2. The fraction of sp³-hybridized carbons (Fsp3) is 0.529. The molecular weight excluding hydrogens is 636 g/mol. The van der Waals surface area contributed by atoms with Crippen LogP contribution in [0.5, 0.6) is 5.88 Å². The molecule has 0 aliphatic carbocycles. The summed E-state index contributed by atoms with van der Waals surface area (Å²) in [4.78, 5) is 31.9. The van der Waals surface area contributed by atoms with E-state index in [1.807, 2.05) is 0 Å². The van der Waals surface area contributed by atoms with Crippen LogP contribution in [0.2, 0.25) is 0 Å². The molecule has 13 nitrogen and oxygen atoms in total. The van der Waals surface area contributed by atoms with E-state index in [0.717, 1.165) is 19.4 Å². The molecule has 0 spiro atoms. The van der Waals surface area contributed by atoms with Gasteiger partial charge in [0, 0.05) is 37.8 Å². The minimum Gasteiger partial charge on any atom is -0.453 e. The van der Waals surface area contributed by atoms with Gasteiger partial charge in [-0.3, -0.25) is 19.1 Å². The van der Waals surface area contributed by atoms with Gasteiger partial charge in [0.25, 0.3) is 9.84 Å². The number of nitrogens with one attached hydrogen (secondary N) is 1. The number of amides is 2. The lowest BCUT2D eigenvalue weighted by Crippen LogP contribution is -2.65. The molecule has 2 amide bonds. The Morgan fingerprint density at radius 2 is 1.79 bits per heavy atom.